The second-order valence-corrected chi connectivity index (χ2v) is 26.2. The van der Waals surface area contributed by atoms with Gasteiger partial charge in [-0.1, -0.05) is 340 Å². The van der Waals surface area contributed by atoms with Crippen LogP contribution >= 0.6 is 0 Å². The van der Waals surface area contributed by atoms with Gasteiger partial charge in [-0.05, 0) is 96.3 Å². The van der Waals surface area contributed by atoms with E-state index in [4.69, 9.17) is 18.9 Å². The zero-order valence-corrected chi connectivity index (χ0v) is 60.2. The fourth-order valence-corrected chi connectivity index (χ4v) is 10.4. The summed E-state index contributed by atoms with van der Waals surface area (Å²) in [7, 11) is 5.96. The molecular formula is C83H142NO8+. The molecule has 0 bridgehead atoms. The highest BCUT2D eigenvalue weighted by Gasteiger charge is 2.25. The van der Waals surface area contributed by atoms with Crippen molar-refractivity contribution >= 4 is 17.9 Å². The van der Waals surface area contributed by atoms with Crippen LogP contribution in [0.3, 0.4) is 0 Å². The molecule has 2 unspecified atom stereocenters. The molecular weight excluding hydrogens is 1140 g/mol. The Bertz CT molecular complexity index is 1980. The number of carboxylic acid groups (broad SMARTS) is 1. The summed E-state index contributed by atoms with van der Waals surface area (Å²) < 4.78 is 23.0. The first kappa shape index (κ1) is 87.4. The summed E-state index contributed by atoms with van der Waals surface area (Å²) in [5.41, 5.74) is 0. The van der Waals surface area contributed by atoms with Gasteiger partial charge in [0.1, 0.15) is 13.2 Å². The van der Waals surface area contributed by atoms with Crippen molar-refractivity contribution in [2.45, 2.75) is 328 Å². The van der Waals surface area contributed by atoms with E-state index in [0.29, 0.717) is 23.9 Å². The Morgan fingerprint density at radius 2 is 0.620 bits per heavy atom. The molecule has 0 aromatic carbocycles. The lowest BCUT2D eigenvalue weighted by Gasteiger charge is -2.25. The lowest BCUT2D eigenvalue weighted by Crippen LogP contribution is -2.40. The molecule has 0 spiro atoms. The van der Waals surface area contributed by atoms with Gasteiger partial charge in [-0.3, -0.25) is 9.59 Å². The zero-order chi connectivity index (χ0) is 66.8. The molecule has 0 aliphatic heterocycles. The van der Waals surface area contributed by atoms with E-state index in [-0.39, 0.29) is 32.2 Å². The topological polar surface area (TPSA) is 108 Å². The molecule has 0 aromatic rings. The van der Waals surface area contributed by atoms with Crippen LogP contribution in [0.4, 0.5) is 0 Å². The molecule has 0 amide bonds. The Morgan fingerprint density at radius 1 is 0.337 bits per heavy atom. The molecule has 92 heavy (non-hydrogen) atoms. The van der Waals surface area contributed by atoms with Crippen molar-refractivity contribution in [1.29, 1.82) is 0 Å². The maximum absolute atomic E-state index is 13.0. The van der Waals surface area contributed by atoms with E-state index in [1.165, 1.54) is 173 Å². The highest BCUT2D eigenvalue weighted by atomic mass is 16.7. The summed E-state index contributed by atoms with van der Waals surface area (Å²) in [6.45, 7) is 4.75. The Kier molecular flexibility index (Phi) is 68.7. The lowest BCUT2D eigenvalue weighted by atomic mass is 10.0. The van der Waals surface area contributed by atoms with Gasteiger partial charge in [-0.15, -0.1) is 0 Å². The van der Waals surface area contributed by atoms with Crippen LogP contribution in [0.25, 0.3) is 0 Å². The van der Waals surface area contributed by atoms with Crippen LogP contribution in [0.5, 0.6) is 0 Å². The number of hydrogen-bond acceptors (Lipinski definition) is 7. The minimum absolute atomic E-state index is 0.176. The molecule has 0 saturated carbocycles. The summed E-state index contributed by atoms with van der Waals surface area (Å²) >= 11 is 0. The van der Waals surface area contributed by atoms with Crippen LogP contribution in [0, 0.1) is 0 Å². The van der Waals surface area contributed by atoms with Crippen molar-refractivity contribution in [1.82, 2.24) is 0 Å². The predicted molar refractivity (Wildman–Crippen MR) is 396 cm³/mol. The minimum Gasteiger partial charge on any atom is -0.477 e. The number of carboxylic acids is 1. The van der Waals surface area contributed by atoms with Gasteiger partial charge in [0.25, 0.3) is 6.29 Å². The highest BCUT2D eigenvalue weighted by molar-refractivity contribution is 5.71. The van der Waals surface area contributed by atoms with E-state index >= 15 is 0 Å². The second-order valence-electron chi connectivity index (χ2n) is 26.2. The highest BCUT2D eigenvalue weighted by Crippen LogP contribution is 2.18. The summed E-state index contributed by atoms with van der Waals surface area (Å²) in [5, 5.41) is 9.76. The molecule has 9 heteroatoms. The standard InChI is InChI=1S/C83H141NO8/c1-6-8-10-12-14-16-18-20-22-24-26-28-30-32-34-36-38-39-40-41-42-43-44-46-48-50-52-54-56-58-60-62-64-66-68-70-72-74-81(86)92-79(78-91-83(82(87)88)89-76-75-84(3,4)5)77-90-80(85)73-71-69-67-65-63-61-59-57-55-53-51-49-47-45-37-35-33-31-29-27-25-23-21-19-17-15-13-11-9-7-2/h8,10,14,16,20,22,26,28,32,34,38-39,41-42,44,46,50,52,56,58,62,64,79,83H,6-7,9,11-13,15,17-19,21,23-25,27,29-31,33,35-37,40,43,45,47-49,51,53-55,57,59-61,63,65-78H2,1-5H3/p+1/b10-8-,16-14-,22-20-,28-26-,34-32-,39-38-,42-41-,46-44-,52-50-,58-56-,64-62-. The third-order valence-electron chi connectivity index (χ3n) is 16.2. The first-order chi connectivity index (χ1) is 45.1. The molecule has 0 radical (unpaired) electrons. The van der Waals surface area contributed by atoms with E-state index in [9.17, 15) is 19.5 Å². The summed E-state index contributed by atoms with van der Waals surface area (Å²) in [4.78, 5) is 37.7. The Balaban J connectivity index is 4.18. The first-order valence-corrected chi connectivity index (χ1v) is 37.8. The molecule has 0 aliphatic carbocycles. The molecule has 0 saturated heterocycles. The number of ether oxygens (including phenoxy) is 4. The van der Waals surface area contributed by atoms with Crippen LogP contribution in [-0.2, 0) is 33.3 Å². The molecule has 0 aromatic heterocycles. The number of carbonyl (C=O) groups is 3. The van der Waals surface area contributed by atoms with E-state index in [1.54, 1.807) is 0 Å². The van der Waals surface area contributed by atoms with Gasteiger partial charge < -0.3 is 28.5 Å². The molecule has 0 heterocycles. The first-order valence-electron chi connectivity index (χ1n) is 37.8. The molecule has 0 aliphatic rings. The summed E-state index contributed by atoms with van der Waals surface area (Å²) in [5.74, 6) is -2.05. The molecule has 0 rings (SSSR count). The number of unbranched alkanes of at least 4 members (excludes halogenated alkanes) is 32. The van der Waals surface area contributed by atoms with Crippen molar-refractivity contribution in [3.63, 3.8) is 0 Å². The lowest BCUT2D eigenvalue weighted by molar-refractivity contribution is -0.870. The normalized spacial score (nSPS) is 13.4. The van der Waals surface area contributed by atoms with Gasteiger partial charge in [0, 0.05) is 12.8 Å². The Hall–Kier alpha value is -4.57. The number of nitrogens with zero attached hydrogens (tertiary/aromatic N) is 1. The van der Waals surface area contributed by atoms with Gasteiger partial charge in [0.15, 0.2) is 6.10 Å². The second kappa shape index (κ2) is 72.3. The van der Waals surface area contributed by atoms with Crippen molar-refractivity contribution in [3.8, 4) is 0 Å². The predicted octanol–water partition coefficient (Wildman–Crippen LogP) is 24.1. The van der Waals surface area contributed by atoms with Gasteiger partial charge in [-0.25, -0.2) is 4.79 Å². The number of quaternary nitrogens is 1. The number of hydrogen-bond donors (Lipinski definition) is 1. The van der Waals surface area contributed by atoms with Gasteiger partial charge in [0.05, 0.1) is 34.4 Å². The van der Waals surface area contributed by atoms with E-state index < -0.39 is 24.3 Å². The summed E-state index contributed by atoms with van der Waals surface area (Å²) in [6, 6.07) is 0. The van der Waals surface area contributed by atoms with Gasteiger partial charge in [-0.2, -0.15) is 0 Å². The van der Waals surface area contributed by atoms with Crippen LogP contribution in [-0.4, -0.2) is 87.4 Å². The smallest absolute Gasteiger partial charge is 0.361 e. The molecule has 526 valence electrons. The summed E-state index contributed by atoms with van der Waals surface area (Å²) in [6.07, 6.45) is 102. The zero-order valence-electron chi connectivity index (χ0n) is 60.2. The number of aliphatic carboxylic acids is 1. The average Bonchev–Trinajstić information content (AvgIpc) is 3.75. The number of allylic oxidation sites excluding steroid dienone is 22. The van der Waals surface area contributed by atoms with Gasteiger partial charge in [0.2, 0.25) is 0 Å². The molecule has 9 nitrogen and oxygen atoms in total. The minimum atomic E-state index is -1.53. The SMILES string of the molecule is CC/C=C\C/C=C\C/C=C\C/C=C\C/C=C\C/C=C\C/C=C\C/C=C\C/C=C\C/C=C\C/C=C\CCCCCC(=O)OC(COC(=O)CCCCCCCCCCCCCCCCCCCCCCCCCCCCCCCC)COC(OCC[N+](C)(C)C)C(=O)O. The fraction of sp³-hybridized carbons (Fsp3) is 0.699. The number of esters is 2. The number of likely N-dealkylation sites (N-methyl/N-ethyl adjacent to an activating group) is 1. The molecule has 0 fully saturated rings. The fourth-order valence-electron chi connectivity index (χ4n) is 10.4. The third kappa shape index (κ3) is 72.8. The quantitative estimate of drug-likeness (QED) is 0.0211. The van der Waals surface area contributed by atoms with Crippen molar-refractivity contribution in [2.24, 2.45) is 0 Å². The number of carbonyl (C=O) groups excluding carboxylic acids is 2. The van der Waals surface area contributed by atoms with Crippen LogP contribution in [0.1, 0.15) is 316 Å². The van der Waals surface area contributed by atoms with Crippen molar-refractivity contribution < 1.29 is 42.9 Å². The van der Waals surface area contributed by atoms with E-state index in [0.717, 1.165) is 109 Å². The van der Waals surface area contributed by atoms with Gasteiger partial charge >= 0.3 is 17.9 Å². The van der Waals surface area contributed by atoms with Crippen LogP contribution in [0.15, 0.2) is 134 Å². The maximum Gasteiger partial charge on any atom is 0.361 e. The molecule has 2 atom stereocenters. The van der Waals surface area contributed by atoms with Crippen molar-refractivity contribution in [2.75, 3.05) is 47.5 Å². The van der Waals surface area contributed by atoms with Crippen LogP contribution < -0.4 is 0 Å². The Morgan fingerprint density at radius 3 is 0.924 bits per heavy atom. The maximum atomic E-state index is 13.0. The van der Waals surface area contributed by atoms with E-state index in [1.807, 2.05) is 21.1 Å². The largest absolute Gasteiger partial charge is 0.477 e. The monoisotopic (exact) mass is 1280 g/mol. The number of rotatable bonds is 69. The third-order valence-corrected chi connectivity index (χ3v) is 16.2. The van der Waals surface area contributed by atoms with E-state index in [2.05, 4.69) is 148 Å². The Labute approximate surface area is 567 Å². The van der Waals surface area contributed by atoms with Crippen molar-refractivity contribution in [3.05, 3.63) is 134 Å². The van der Waals surface area contributed by atoms with Crippen LogP contribution in [0.2, 0.25) is 0 Å². The molecule has 1 N–H and O–H groups in total. The average molecular weight is 1280 g/mol.